The molecule has 2 fully saturated rings. The zero-order chi connectivity index (χ0) is 31.4. The van der Waals surface area contributed by atoms with Crippen LogP contribution in [0.5, 0.6) is 0 Å². The van der Waals surface area contributed by atoms with Crippen molar-refractivity contribution in [3.05, 3.63) is 71.3 Å². The minimum atomic E-state index is -3.46. The summed E-state index contributed by atoms with van der Waals surface area (Å²) in [5.41, 5.74) is 0.713. The zero-order valence-corrected chi connectivity index (χ0v) is 26.1. The number of hydrogen-bond acceptors (Lipinski definition) is 6. The van der Waals surface area contributed by atoms with Gasteiger partial charge in [-0.2, -0.15) is 0 Å². The average molecular weight is 604 g/mol. The third-order valence-corrected chi connectivity index (χ3v) is 8.44. The number of piperidine rings is 1. The number of halogens is 1. The summed E-state index contributed by atoms with van der Waals surface area (Å²) >= 11 is 0. The van der Waals surface area contributed by atoms with Crippen LogP contribution in [0.4, 0.5) is 4.39 Å². The maximum atomic E-state index is 14.5. The van der Waals surface area contributed by atoms with Crippen LogP contribution >= 0.6 is 0 Å². The molecule has 10 nitrogen and oxygen atoms in total. The Bertz CT molecular complexity index is 1400. The Labute approximate surface area is 248 Å². The van der Waals surface area contributed by atoms with Crippen molar-refractivity contribution in [3.8, 4) is 0 Å². The number of rotatable bonds is 10. The molecule has 1 spiro atoms. The summed E-state index contributed by atoms with van der Waals surface area (Å²) in [6.07, 6.45) is 7.27. The second-order valence-electron chi connectivity index (χ2n) is 11.2. The van der Waals surface area contributed by atoms with Crippen molar-refractivity contribution >= 4 is 27.7 Å². The molecule has 2 aliphatic heterocycles. The van der Waals surface area contributed by atoms with Gasteiger partial charge in [-0.25, -0.2) is 12.8 Å². The molecule has 2 saturated heterocycles. The lowest BCUT2D eigenvalue weighted by atomic mass is 9.85. The minimum absolute atomic E-state index is 0.0790. The van der Waals surface area contributed by atoms with E-state index in [9.17, 15) is 27.2 Å². The molecule has 2 N–H and O–H groups in total. The minimum Gasteiger partial charge on any atom is -0.341 e. The van der Waals surface area contributed by atoms with Crippen LogP contribution in [-0.4, -0.2) is 85.5 Å². The molecule has 230 valence electrons. The monoisotopic (exact) mass is 603 g/mol. The molecule has 1 aromatic rings. The highest BCUT2D eigenvalue weighted by Gasteiger charge is 2.53. The fourth-order valence-electron chi connectivity index (χ4n) is 5.40. The number of benzene rings is 1. The van der Waals surface area contributed by atoms with E-state index in [-0.39, 0.29) is 36.4 Å². The Morgan fingerprint density at radius 2 is 1.83 bits per heavy atom. The van der Waals surface area contributed by atoms with Gasteiger partial charge in [-0.3, -0.25) is 19.1 Å². The normalized spacial score (nSPS) is 18.2. The van der Waals surface area contributed by atoms with E-state index in [1.165, 1.54) is 12.1 Å². The fourth-order valence-corrected chi connectivity index (χ4v) is 6.02. The standard InChI is InChI=1S/C30H42FN5O5S/c1-8-22-11-13-25(31)24(18-22)27(37)32-26(20(3)4)28(38)35-16-14-30(15-17-35)29(39)34(6)19-36(30)21(5)10-12-23(9-2)33-42(7,40)41/h9-13,18,20,26,33H,5,8,14-17,19H2,1-4,6-7H3,(H,32,37). The van der Waals surface area contributed by atoms with Crippen molar-refractivity contribution in [1.82, 2.24) is 24.7 Å². The molecule has 0 saturated carbocycles. The van der Waals surface area contributed by atoms with Crippen molar-refractivity contribution in [3.63, 3.8) is 0 Å². The molecule has 2 aliphatic rings. The van der Waals surface area contributed by atoms with Gasteiger partial charge in [0.25, 0.3) is 5.91 Å². The molecular formula is C30H42FN5O5S. The van der Waals surface area contributed by atoms with Gasteiger partial charge in [0.1, 0.15) is 17.4 Å². The third-order valence-electron chi connectivity index (χ3n) is 7.84. The fraction of sp³-hybridized carbons (Fsp3) is 0.500. The first kappa shape index (κ1) is 32.8. The average Bonchev–Trinajstić information content (AvgIpc) is 3.18. The SMILES string of the molecule is C=C(C=CC(=CC)NS(C)(=O)=O)N1CN(C)C(=O)C12CCN(C(=O)C(NC(=O)c1cc(CC)ccc1F)C(C)C)CC2. The van der Waals surface area contributed by atoms with Gasteiger partial charge in [-0.1, -0.05) is 39.5 Å². The summed E-state index contributed by atoms with van der Waals surface area (Å²) in [5, 5.41) is 2.74. The molecule has 0 aliphatic carbocycles. The summed E-state index contributed by atoms with van der Waals surface area (Å²) in [5.74, 6) is -1.90. The molecular weight excluding hydrogens is 561 g/mol. The van der Waals surface area contributed by atoms with E-state index in [0.29, 0.717) is 37.3 Å². The van der Waals surface area contributed by atoms with Crippen molar-refractivity contribution in [2.24, 2.45) is 5.92 Å². The van der Waals surface area contributed by atoms with Crippen LogP contribution in [0.15, 0.2) is 54.4 Å². The lowest BCUT2D eigenvalue weighted by molar-refractivity contribution is -0.141. The third kappa shape index (κ3) is 7.21. The highest BCUT2D eigenvalue weighted by atomic mass is 32.2. The number of aryl methyl sites for hydroxylation is 1. The first-order chi connectivity index (χ1) is 19.6. The van der Waals surface area contributed by atoms with Gasteiger partial charge in [0.2, 0.25) is 21.8 Å². The number of sulfonamides is 1. The molecule has 0 radical (unpaired) electrons. The molecule has 1 unspecified atom stereocenters. The van der Waals surface area contributed by atoms with Crippen molar-refractivity contribution in [1.29, 1.82) is 0 Å². The lowest BCUT2D eigenvalue weighted by Crippen LogP contribution is -2.59. The molecule has 0 aromatic heterocycles. The van der Waals surface area contributed by atoms with Gasteiger partial charge < -0.3 is 20.0 Å². The van der Waals surface area contributed by atoms with Crippen LogP contribution in [0, 0.1) is 11.7 Å². The van der Waals surface area contributed by atoms with Gasteiger partial charge in [-0.15, -0.1) is 0 Å². The van der Waals surface area contributed by atoms with E-state index in [1.54, 1.807) is 48.1 Å². The molecule has 1 atom stereocenters. The first-order valence-electron chi connectivity index (χ1n) is 14.1. The van der Waals surface area contributed by atoms with E-state index in [4.69, 9.17) is 0 Å². The molecule has 2 heterocycles. The number of carbonyl (C=O) groups excluding carboxylic acids is 3. The Kier molecular flexibility index (Phi) is 10.2. The molecule has 1 aromatic carbocycles. The Hall–Kier alpha value is -3.67. The summed E-state index contributed by atoms with van der Waals surface area (Å²) in [7, 11) is -1.75. The quantitative estimate of drug-likeness (QED) is 0.397. The Morgan fingerprint density at radius 3 is 2.38 bits per heavy atom. The van der Waals surface area contributed by atoms with E-state index < -0.39 is 33.3 Å². The van der Waals surface area contributed by atoms with Crippen LogP contribution in [0.25, 0.3) is 0 Å². The Balaban J connectivity index is 1.75. The van der Waals surface area contributed by atoms with E-state index in [0.717, 1.165) is 11.8 Å². The van der Waals surface area contributed by atoms with Gasteiger partial charge in [0.05, 0.1) is 18.5 Å². The molecule has 42 heavy (non-hydrogen) atoms. The number of nitrogens with one attached hydrogen (secondary N) is 2. The maximum Gasteiger partial charge on any atom is 0.254 e. The van der Waals surface area contributed by atoms with E-state index in [2.05, 4.69) is 16.6 Å². The van der Waals surface area contributed by atoms with E-state index in [1.807, 2.05) is 25.7 Å². The Morgan fingerprint density at radius 1 is 1.19 bits per heavy atom. The second kappa shape index (κ2) is 13.1. The molecule has 3 amide bonds. The number of hydrogen-bond donors (Lipinski definition) is 2. The number of nitrogens with zero attached hydrogens (tertiary/aromatic N) is 3. The van der Waals surface area contributed by atoms with Gasteiger partial charge in [0, 0.05) is 31.5 Å². The predicted octanol–water partition coefficient (Wildman–Crippen LogP) is 2.76. The number of likely N-dealkylation sites (tertiary alicyclic amines) is 1. The zero-order valence-electron chi connectivity index (χ0n) is 25.2. The summed E-state index contributed by atoms with van der Waals surface area (Å²) in [6, 6.07) is 3.53. The number of allylic oxidation sites excluding steroid dienone is 3. The van der Waals surface area contributed by atoms with Crippen molar-refractivity contribution in [2.75, 3.05) is 33.1 Å². The van der Waals surface area contributed by atoms with Crippen LogP contribution < -0.4 is 10.0 Å². The molecule has 3 rings (SSSR count). The predicted molar refractivity (Wildman–Crippen MR) is 160 cm³/mol. The van der Waals surface area contributed by atoms with Crippen molar-refractivity contribution < 1.29 is 27.2 Å². The summed E-state index contributed by atoms with van der Waals surface area (Å²) in [4.78, 5) is 45.2. The van der Waals surface area contributed by atoms with Crippen molar-refractivity contribution in [2.45, 2.75) is 58.5 Å². The van der Waals surface area contributed by atoms with Crippen LogP contribution in [0.2, 0.25) is 0 Å². The molecule has 0 bridgehead atoms. The van der Waals surface area contributed by atoms with Gasteiger partial charge in [-0.05, 0) is 62.0 Å². The van der Waals surface area contributed by atoms with Gasteiger partial charge in [0.15, 0.2) is 0 Å². The molecule has 12 heteroatoms. The highest BCUT2D eigenvalue weighted by Crippen LogP contribution is 2.38. The number of likely N-dealkylation sites (N-methyl/N-ethyl adjacent to an activating group) is 1. The second-order valence-corrected chi connectivity index (χ2v) is 13.0. The summed E-state index contributed by atoms with van der Waals surface area (Å²) in [6.45, 7) is 12.2. The maximum absolute atomic E-state index is 14.5. The van der Waals surface area contributed by atoms with Crippen LogP contribution in [-0.2, 0) is 26.0 Å². The highest BCUT2D eigenvalue weighted by molar-refractivity contribution is 7.88. The smallest absolute Gasteiger partial charge is 0.254 e. The van der Waals surface area contributed by atoms with Crippen LogP contribution in [0.3, 0.4) is 0 Å². The lowest BCUT2D eigenvalue weighted by Gasteiger charge is -2.44. The largest absolute Gasteiger partial charge is 0.341 e. The van der Waals surface area contributed by atoms with Gasteiger partial charge >= 0.3 is 0 Å². The van der Waals surface area contributed by atoms with Crippen LogP contribution in [0.1, 0.15) is 56.5 Å². The first-order valence-corrected chi connectivity index (χ1v) is 15.9. The summed E-state index contributed by atoms with van der Waals surface area (Å²) < 4.78 is 40.1. The topological polar surface area (TPSA) is 119 Å². The van der Waals surface area contributed by atoms with E-state index >= 15 is 0 Å². The number of carbonyl (C=O) groups is 3. The number of amides is 3.